The highest BCUT2D eigenvalue weighted by Crippen LogP contribution is 2.15. The van der Waals surface area contributed by atoms with Crippen LogP contribution in [0.4, 0.5) is 5.82 Å². The van der Waals surface area contributed by atoms with Gasteiger partial charge in [0.2, 0.25) is 4.73 Å². The maximum Gasteiger partial charge on any atom is 0.470 e. The molecule has 0 atom stereocenters. The second-order valence-corrected chi connectivity index (χ2v) is 2.74. The van der Waals surface area contributed by atoms with Crippen molar-refractivity contribution >= 4 is 27.4 Å². The molecule has 0 saturated carbocycles. The molecular weight excluding hydrogens is 222 g/mol. The normalized spacial score (nSPS) is 10.0. The van der Waals surface area contributed by atoms with E-state index in [1.54, 1.807) is 16.9 Å². The molecule has 2 heterocycles. The van der Waals surface area contributed by atoms with Gasteiger partial charge in [0.1, 0.15) is 6.57 Å². The smallest absolute Gasteiger partial charge is 0.208 e. The quantitative estimate of drug-likeness (QED) is 0.682. The zero-order valence-corrected chi connectivity index (χ0v) is 7.43. The largest absolute Gasteiger partial charge is 0.470 e. The van der Waals surface area contributed by atoms with E-state index in [1.165, 1.54) is 0 Å². The van der Waals surface area contributed by atoms with Gasteiger partial charge in [-0.2, -0.15) is 9.83 Å². The molecule has 0 aliphatic carbocycles. The fourth-order valence-electron chi connectivity index (χ4n) is 0.870. The van der Waals surface area contributed by atoms with Gasteiger partial charge in [-0.15, -0.1) is 5.10 Å². The highest BCUT2D eigenvalue weighted by atomic mass is 79.9. The number of hydrogen-bond donors (Lipinski definition) is 0. The van der Waals surface area contributed by atoms with Crippen LogP contribution < -0.4 is 0 Å². The molecule has 0 aliphatic heterocycles. The van der Waals surface area contributed by atoms with E-state index in [4.69, 9.17) is 6.57 Å². The lowest BCUT2D eigenvalue weighted by Crippen LogP contribution is -1.86. The SMILES string of the molecule is C#[N+]c1nccn2nc(Br)nc12. The fourth-order valence-corrected chi connectivity index (χ4v) is 1.21. The van der Waals surface area contributed by atoms with Crippen molar-refractivity contribution in [3.63, 3.8) is 0 Å². The van der Waals surface area contributed by atoms with Gasteiger partial charge in [0.15, 0.2) is 6.20 Å². The van der Waals surface area contributed by atoms with Gasteiger partial charge >= 0.3 is 5.82 Å². The monoisotopic (exact) mass is 224 g/mol. The van der Waals surface area contributed by atoms with Crippen LogP contribution in [0.15, 0.2) is 17.1 Å². The van der Waals surface area contributed by atoms with Gasteiger partial charge in [0, 0.05) is 0 Å². The lowest BCUT2D eigenvalue weighted by molar-refractivity contribution is 0.936. The van der Waals surface area contributed by atoms with Gasteiger partial charge in [-0.3, -0.25) is 0 Å². The summed E-state index contributed by atoms with van der Waals surface area (Å²) in [5.74, 6) is 0.371. The summed E-state index contributed by atoms with van der Waals surface area (Å²) in [4.78, 5) is 11.4. The zero-order chi connectivity index (χ0) is 8.55. The van der Waals surface area contributed by atoms with Crippen LogP contribution in [0.3, 0.4) is 0 Å². The Bertz CT molecular complexity index is 468. The van der Waals surface area contributed by atoms with Crippen molar-refractivity contribution in [2.45, 2.75) is 0 Å². The first-order valence-corrected chi connectivity index (χ1v) is 3.88. The molecule has 0 bridgehead atoms. The molecule has 0 radical (unpaired) electrons. The summed E-state index contributed by atoms with van der Waals surface area (Å²) in [7, 11) is 0. The van der Waals surface area contributed by atoms with Crippen LogP contribution >= 0.6 is 15.9 Å². The maximum absolute atomic E-state index is 5.09. The Balaban J connectivity index is 2.89. The van der Waals surface area contributed by atoms with Crippen LogP contribution in [0.1, 0.15) is 0 Å². The Labute approximate surface area is 76.0 Å². The van der Waals surface area contributed by atoms with E-state index in [0.29, 0.717) is 16.2 Å². The van der Waals surface area contributed by atoms with Crippen LogP contribution in [-0.2, 0) is 0 Å². The molecule has 0 fully saturated rings. The van der Waals surface area contributed by atoms with Crippen LogP contribution in [0.5, 0.6) is 0 Å². The third kappa shape index (κ3) is 0.950. The molecule has 2 aromatic rings. The second kappa shape index (κ2) is 2.53. The third-order valence-corrected chi connectivity index (χ3v) is 1.67. The van der Waals surface area contributed by atoms with Gasteiger partial charge in [-0.25, -0.2) is 4.52 Å². The summed E-state index contributed by atoms with van der Waals surface area (Å²) in [6, 6.07) is 0. The molecular formula is C6H3BrN5+. The fraction of sp³-hybridized carbons (Fsp3) is 0. The topological polar surface area (TPSA) is 47.4 Å². The Kier molecular flexibility index (Phi) is 1.52. The van der Waals surface area contributed by atoms with E-state index in [0.717, 1.165) is 0 Å². The standard InChI is InChI=1S/C6H3BrN5/c1-8-4-5-10-6(7)11-12(5)3-2-9-4/h1-3H/q+1. The molecule has 5 nitrogen and oxygen atoms in total. The van der Waals surface area contributed by atoms with Crippen LogP contribution in [0.25, 0.3) is 10.5 Å². The lowest BCUT2D eigenvalue weighted by Gasteiger charge is -1.81. The zero-order valence-electron chi connectivity index (χ0n) is 5.85. The molecule has 2 aromatic heterocycles. The molecule has 0 amide bonds. The van der Waals surface area contributed by atoms with Crippen molar-refractivity contribution in [2.75, 3.05) is 0 Å². The Morgan fingerprint density at radius 3 is 3.17 bits per heavy atom. The predicted molar refractivity (Wildman–Crippen MR) is 46.4 cm³/mol. The molecule has 6 heteroatoms. The number of fused-ring (bicyclic) bond motifs is 1. The van der Waals surface area contributed by atoms with Crippen LogP contribution in [-0.4, -0.2) is 19.6 Å². The second-order valence-electron chi connectivity index (χ2n) is 2.03. The van der Waals surface area contributed by atoms with Crippen LogP contribution in [0, 0.1) is 6.57 Å². The van der Waals surface area contributed by atoms with Gasteiger partial charge in [-0.05, 0) is 20.9 Å². The van der Waals surface area contributed by atoms with Crippen molar-refractivity contribution in [3.8, 4) is 6.57 Å². The lowest BCUT2D eigenvalue weighted by atomic mass is 10.6. The molecule has 0 aromatic carbocycles. The van der Waals surface area contributed by atoms with E-state index in [1.807, 2.05) is 0 Å². The summed E-state index contributed by atoms with van der Waals surface area (Å²) in [5.41, 5.74) is 0.534. The summed E-state index contributed by atoms with van der Waals surface area (Å²) < 4.78 is 2.03. The number of nitrogens with zero attached hydrogens (tertiary/aromatic N) is 5. The third-order valence-electron chi connectivity index (χ3n) is 1.33. The van der Waals surface area contributed by atoms with E-state index in [9.17, 15) is 0 Å². The highest BCUT2D eigenvalue weighted by Gasteiger charge is 2.13. The number of hydrogen-bond acceptors (Lipinski definition) is 3. The van der Waals surface area contributed by atoms with E-state index < -0.39 is 0 Å². The summed E-state index contributed by atoms with van der Waals surface area (Å²) in [6.45, 7) is 5.09. The maximum atomic E-state index is 5.09. The first-order chi connectivity index (χ1) is 5.81. The van der Waals surface area contributed by atoms with Crippen molar-refractivity contribution in [3.05, 3.63) is 22.0 Å². The van der Waals surface area contributed by atoms with E-state index in [-0.39, 0.29) is 0 Å². The molecule has 12 heavy (non-hydrogen) atoms. The highest BCUT2D eigenvalue weighted by molar-refractivity contribution is 9.10. The Morgan fingerprint density at radius 1 is 1.58 bits per heavy atom. The van der Waals surface area contributed by atoms with Crippen molar-refractivity contribution < 1.29 is 0 Å². The summed E-state index contributed by atoms with van der Waals surface area (Å²) >= 11 is 3.13. The number of rotatable bonds is 0. The average molecular weight is 225 g/mol. The van der Waals surface area contributed by atoms with E-state index in [2.05, 4.69) is 35.8 Å². The molecule has 58 valence electrons. The molecule has 0 saturated heterocycles. The minimum Gasteiger partial charge on any atom is -0.208 e. The molecule has 0 aliphatic rings. The van der Waals surface area contributed by atoms with Gasteiger partial charge < -0.3 is 0 Å². The number of halogens is 1. The predicted octanol–water partition coefficient (Wildman–Crippen LogP) is 1.48. The average Bonchev–Trinajstić information content (AvgIpc) is 2.44. The first kappa shape index (κ1) is 7.18. The molecule has 0 N–H and O–H groups in total. The summed E-state index contributed by atoms with van der Waals surface area (Å²) in [5, 5.41) is 3.99. The Hall–Kier alpha value is -1.48. The van der Waals surface area contributed by atoms with Gasteiger partial charge in [-0.1, -0.05) is 0 Å². The Morgan fingerprint density at radius 2 is 2.42 bits per heavy atom. The van der Waals surface area contributed by atoms with Gasteiger partial charge in [0.05, 0.1) is 6.20 Å². The van der Waals surface area contributed by atoms with E-state index >= 15 is 0 Å². The first-order valence-electron chi connectivity index (χ1n) is 3.09. The summed E-state index contributed by atoms with van der Waals surface area (Å²) in [6.07, 6.45) is 3.22. The molecule has 0 spiro atoms. The van der Waals surface area contributed by atoms with Crippen molar-refractivity contribution in [1.82, 2.24) is 19.6 Å². The molecule has 2 rings (SSSR count). The molecule has 0 unspecified atom stereocenters. The minimum atomic E-state index is 0.371. The van der Waals surface area contributed by atoms with Gasteiger partial charge in [0.25, 0.3) is 5.65 Å². The van der Waals surface area contributed by atoms with Crippen molar-refractivity contribution in [2.24, 2.45) is 0 Å². The minimum absolute atomic E-state index is 0.371. The van der Waals surface area contributed by atoms with Crippen LogP contribution in [0.2, 0.25) is 0 Å². The van der Waals surface area contributed by atoms with Crippen molar-refractivity contribution in [1.29, 1.82) is 0 Å². The number of aromatic nitrogens is 4.